The summed E-state index contributed by atoms with van der Waals surface area (Å²) >= 11 is 0. The molecule has 3 rings (SSSR count). The number of ether oxygens (including phenoxy) is 2. The Morgan fingerprint density at radius 1 is 1.15 bits per heavy atom. The van der Waals surface area contributed by atoms with Gasteiger partial charge in [-0.25, -0.2) is 0 Å². The highest BCUT2D eigenvalue weighted by molar-refractivity contribution is 5.67. The fraction of sp³-hybridized carbons (Fsp3) is 0.333. The van der Waals surface area contributed by atoms with Crippen molar-refractivity contribution in [1.82, 2.24) is 0 Å². The Balaban J connectivity index is 2.38. The van der Waals surface area contributed by atoms with Gasteiger partial charge in [0.15, 0.2) is 5.75 Å². The first kappa shape index (κ1) is 18.0. The second kappa shape index (κ2) is 6.83. The summed E-state index contributed by atoms with van der Waals surface area (Å²) in [7, 11) is 2.94. The van der Waals surface area contributed by atoms with Crippen LogP contribution in [-0.4, -0.2) is 19.1 Å². The van der Waals surface area contributed by atoms with Crippen molar-refractivity contribution in [3.05, 3.63) is 75.4 Å². The van der Waals surface area contributed by atoms with Gasteiger partial charge in [0.1, 0.15) is 0 Å². The highest BCUT2D eigenvalue weighted by atomic mass is 16.6. The van der Waals surface area contributed by atoms with Crippen LogP contribution in [0.1, 0.15) is 36.5 Å². The first-order valence-corrected chi connectivity index (χ1v) is 8.57. The predicted octanol–water partition coefficient (Wildman–Crippen LogP) is 4.81. The fourth-order valence-corrected chi connectivity index (χ4v) is 4.00. The van der Waals surface area contributed by atoms with E-state index in [2.05, 4.69) is 25.6 Å². The molecular weight excluding hydrogens is 330 g/mol. The minimum absolute atomic E-state index is 0.00120. The van der Waals surface area contributed by atoms with Crippen molar-refractivity contribution in [3.8, 4) is 11.5 Å². The van der Waals surface area contributed by atoms with Crippen LogP contribution in [0.4, 0.5) is 5.69 Å². The molecule has 1 aliphatic carbocycles. The molecule has 0 spiro atoms. The van der Waals surface area contributed by atoms with Crippen LogP contribution < -0.4 is 9.47 Å². The van der Waals surface area contributed by atoms with Crippen molar-refractivity contribution in [2.24, 2.45) is 0 Å². The Kier molecular flexibility index (Phi) is 4.72. The molecule has 2 aromatic carbocycles. The van der Waals surface area contributed by atoms with Gasteiger partial charge >= 0.3 is 5.69 Å². The second-order valence-corrected chi connectivity index (χ2v) is 6.87. The molecule has 5 nitrogen and oxygen atoms in total. The zero-order valence-corrected chi connectivity index (χ0v) is 15.4. The van der Waals surface area contributed by atoms with Crippen molar-refractivity contribution in [3.63, 3.8) is 0 Å². The predicted molar refractivity (Wildman–Crippen MR) is 101 cm³/mol. The molecule has 0 saturated heterocycles. The molecule has 26 heavy (non-hydrogen) atoms. The lowest BCUT2D eigenvalue weighted by molar-refractivity contribution is -0.386. The van der Waals surface area contributed by atoms with Gasteiger partial charge in [0, 0.05) is 11.0 Å². The van der Waals surface area contributed by atoms with E-state index in [4.69, 9.17) is 9.47 Å². The highest BCUT2D eigenvalue weighted by Gasteiger charge is 2.39. The third kappa shape index (κ3) is 2.83. The Morgan fingerprint density at radius 2 is 1.85 bits per heavy atom. The monoisotopic (exact) mass is 353 g/mol. The summed E-state index contributed by atoms with van der Waals surface area (Å²) in [6, 6.07) is 12.0. The van der Waals surface area contributed by atoms with Crippen LogP contribution in [0.3, 0.4) is 0 Å². The summed E-state index contributed by atoms with van der Waals surface area (Å²) in [5.41, 5.74) is 3.38. The number of fused-ring (bicyclic) bond motifs is 1. The van der Waals surface area contributed by atoms with Crippen molar-refractivity contribution < 1.29 is 14.4 Å². The van der Waals surface area contributed by atoms with Crippen LogP contribution in [-0.2, 0) is 11.8 Å². The first-order chi connectivity index (χ1) is 12.4. The van der Waals surface area contributed by atoms with Gasteiger partial charge in [0.25, 0.3) is 0 Å². The molecule has 5 heteroatoms. The van der Waals surface area contributed by atoms with Crippen molar-refractivity contribution in [2.75, 3.05) is 14.2 Å². The van der Waals surface area contributed by atoms with Gasteiger partial charge in [0.2, 0.25) is 5.75 Å². The molecule has 0 bridgehead atoms. The van der Waals surface area contributed by atoms with E-state index in [1.54, 1.807) is 0 Å². The van der Waals surface area contributed by atoms with Gasteiger partial charge in [-0.1, -0.05) is 49.4 Å². The summed E-state index contributed by atoms with van der Waals surface area (Å²) in [4.78, 5) is 11.5. The number of rotatable bonds is 4. The van der Waals surface area contributed by atoms with Crippen LogP contribution in [0, 0.1) is 10.1 Å². The van der Waals surface area contributed by atoms with Gasteiger partial charge in [0.05, 0.1) is 19.1 Å². The average Bonchev–Trinajstić information content (AvgIpc) is 2.77. The Hall–Kier alpha value is -2.82. The average molecular weight is 353 g/mol. The number of hydrogen-bond acceptors (Lipinski definition) is 4. The molecule has 136 valence electrons. The molecule has 1 atom stereocenters. The molecule has 0 aliphatic heterocycles. The minimum atomic E-state index is -0.422. The van der Waals surface area contributed by atoms with Gasteiger partial charge in [-0.2, -0.15) is 0 Å². The Labute approximate surface area is 153 Å². The van der Waals surface area contributed by atoms with E-state index in [-0.39, 0.29) is 16.4 Å². The fourth-order valence-electron chi connectivity index (χ4n) is 4.00. The Bertz CT molecular complexity index is 860. The lowest BCUT2D eigenvalue weighted by Crippen LogP contribution is -2.25. The molecule has 0 aromatic heterocycles. The number of methoxy groups -OCH3 is 2. The third-order valence-electron chi connectivity index (χ3n) is 5.27. The maximum Gasteiger partial charge on any atom is 0.318 e. The smallest absolute Gasteiger partial charge is 0.318 e. The maximum absolute atomic E-state index is 11.9. The van der Waals surface area contributed by atoms with Gasteiger partial charge in [-0.15, -0.1) is 0 Å². The molecule has 2 aromatic rings. The van der Waals surface area contributed by atoms with Gasteiger partial charge in [-0.05, 0) is 36.5 Å². The molecule has 0 amide bonds. The molecular formula is C21H23NO4. The zero-order chi connectivity index (χ0) is 18.9. The van der Waals surface area contributed by atoms with Crippen LogP contribution in [0.15, 0.2) is 48.6 Å². The molecule has 1 unspecified atom stereocenters. The zero-order valence-electron chi connectivity index (χ0n) is 15.4. The summed E-state index contributed by atoms with van der Waals surface area (Å²) in [6.07, 6.45) is 2.01. The minimum Gasteiger partial charge on any atom is -0.493 e. The van der Waals surface area contributed by atoms with E-state index in [0.717, 1.165) is 23.1 Å². The number of nitro benzene ring substituents is 1. The number of nitro groups is 1. The number of hydrogen-bond donors (Lipinski definition) is 0. The lowest BCUT2D eigenvalue weighted by atomic mass is 9.71. The molecule has 0 N–H and O–H groups in total. The van der Waals surface area contributed by atoms with E-state index in [9.17, 15) is 10.1 Å². The number of nitrogens with zero attached hydrogens (tertiary/aromatic N) is 1. The Morgan fingerprint density at radius 3 is 2.42 bits per heavy atom. The SMILES string of the molecule is C=C1CCc2c(cc(OC)c(OC)c2[N+](=O)[O-])C(C)(c2ccccc2)C1. The van der Waals surface area contributed by atoms with E-state index in [1.807, 2.05) is 24.3 Å². The number of allylic oxidation sites excluding steroid dienone is 1. The second-order valence-electron chi connectivity index (χ2n) is 6.87. The van der Waals surface area contributed by atoms with Crippen molar-refractivity contribution >= 4 is 5.69 Å². The van der Waals surface area contributed by atoms with E-state index >= 15 is 0 Å². The van der Waals surface area contributed by atoms with Crippen LogP contribution in [0.5, 0.6) is 11.5 Å². The quantitative estimate of drug-likeness (QED) is 0.342. The molecule has 1 aliphatic rings. The van der Waals surface area contributed by atoms with E-state index in [0.29, 0.717) is 24.2 Å². The lowest BCUT2D eigenvalue weighted by Gasteiger charge is -2.32. The maximum atomic E-state index is 11.9. The van der Waals surface area contributed by atoms with E-state index < -0.39 is 5.41 Å². The number of benzene rings is 2. The highest BCUT2D eigenvalue weighted by Crippen LogP contribution is 2.50. The molecule has 0 radical (unpaired) electrons. The van der Waals surface area contributed by atoms with Crippen LogP contribution >= 0.6 is 0 Å². The standard InChI is InChI=1S/C21H23NO4/c1-14-10-11-16-17(21(2,13-14)15-8-6-5-7-9-15)12-18(25-3)20(26-4)19(16)22(23)24/h5-9,12H,1,10-11,13H2,2-4H3. The normalized spacial score (nSPS) is 19.4. The molecule has 0 fully saturated rings. The van der Waals surface area contributed by atoms with Crippen molar-refractivity contribution in [2.45, 2.75) is 31.6 Å². The van der Waals surface area contributed by atoms with Crippen LogP contribution in [0.25, 0.3) is 0 Å². The van der Waals surface area contributed by atoms with Gasteiger partial charge < -0.3 is 9.47 Å². The largest absolute Gasteiger partial charge is 0.493 e. The van der Waals surface area contributed by atoms with Crippen molar-refractivity contribution in [1.29, 1.82) is 0 Å². The van der Waals surface area contributed by atoms with E-state index in [1.165, 1.54) is 14.2 Å². The third-order valence-corrected chi connectivity index (χ3v) is 5.27. The summed E-state index contributed by atoms with van der Waals surface area (Å²) in [5, 5.41) is 11.9. The summed E-state index contributed by atoms with van der Waals surface area (Å²) in [5.74, 6) is 0.562. The molecule has 0 heterocycles. The van der Waals surface area contributed by atoms with Crippen LogP contribution in [0.2, 0.25) is 0 Å². The molecule has 0 saturated carbocycles. The summed E-state index contributed by atoms with van der Waals surface area (Å²) in [6.45, 7) is 6.32. The topological polar surface area (TPSA) is 61.6 Å². The first-order valence-electron chi connectivity index (χ1n) is 8.57. The van der Waals surface area contributed by atoms with Gasteiger partial charge in [-0.3, -0.25) is 10.1 Å². The summed E-state index contributed by atoms with van der Waals surface area (Å²) < 4.78 is 10.8.